The number of amides is 1. The lowest BCUT2D eigenvalue weighted by Gasteiger charge is -2.04. The summed E-state index contributed by atoms with van der Waals surface area (Å²) in [6, 6.07) is 7.71. The van der Waals surface area contributed by atoms with Crippen molar-refractivity contribution in [1.29, 1.82) is 0 Å². The van der Waals surface area contributed by atoms with Gasteiger partial charge in [0.15, 0.2) is 0 Å². The summed E-state index contributed by atoms with van der Waals surface area (Å²) >= 11 is 0. The minimum atomic E-state index is -0.0611. The van der Waals surface area contributed by atoms with Gasteiger partial charge in [-0.25, -0.2) is 0 Å². The third-order valence-electron chi connectivity index (χ3n) is 2.96. The van der Waals surface area contributed by atoms with Crippen molar-refractivity contribution < 1.29 is 9.53 Å². The van der Waals surface area contributed by atoms with E-state index in [1.807, 2.05) is 24.3 Å². The molecule has 0 aliphatic carbocycles. The molecule has 0 heterocycles. The Hall–Kier alpha value is -1.81. The van der Waals surface area contributed by atoms with E-state index in [0.717, 1.165) is 43.6 Å². The molecule has 4 nitrogen and oxygen atoms in total. The summed E-state index contributed by atoms with van der Waals surface area (Å²) in [7, 11) is 0. The van der Waals surface area contributed by atoms with Crippen molar-refractivity contribution in [2.24, 2.45) is 5.73 Å². The van der Waals surface area contributed by atoms with Crippen LogP contribution in [0.1, 0.15) is 38.2 Å². The maximum absolute atomic E-state index is 11.6. The lowest BCUT2D eigenvalue weighted by atomic mass is 10.2. The number of nitrogens with one attached hydrogen (secondary N) is 1. The second kappa shape index (κ2) is 10.9. The van der Waals surface area contributed by atoms with Gasteiger partial charge in [0.1, 0.15) is 5.75 Å². The van der Waals surface area contributed by atoms with Crippen molar-refractivity contribution in [2.45, 2.75) is 32.6 Å². The monoisotopic (exact) mass is 290 g/mol. The van der Waals surface area contributed by atoms with Gasteiger partial charge in [0.05, 0.1) is 6.61 Å². The molecule has 0 aliphatic heterocycles. The lowest BCUT2D eigenvalue weighted by molar-refractivity contribution is -0.116. The normalized spacial score (nSPS) is 10.8. The predicted molar refractivity (Wildman–Crippen MR) is 87.2 cm³/mol. The van der Waals surface area contributed by atoms with Crippen LogP contribution < -0.4 is 15.8 Å². The molecule has 0 bridgehead atoms. The zero-order chi connectivity index (χ0) is 15.3. The Morgan fingerprint density at radius 1 is 1.24 bits per heavy atom. The summed E-state index contributed by atoms with van der Waals surface area (Å²) in [5, 5.41) is 2.86. The molecule has 0 atom stereocenters. The van der Waals surface area contributed by atoms with Crippen molar-refractivity contribution in [2.75, 3.05) is 19.7 Å². The van der Waals surface area contributed by atoms with E-state index >= 15 is 0 Å². The fourth-order valence-corrected chi connectivity index (χ4v) is 1.78. The summed E-state index contributed by atoms with van der Waals surface area (Å²) in [4.78, 5) is 11.6. The molecule has 1 amide bonds. The first kappa shape index (κ1) is 17.2. The van der Waals surface area contributed by atoms with Crippen LogP contribution in [0.3, 0.4) is 0 Å². The van der Waals surface area contributed by atoms with Crippen LogP contribution in [-0.2, 0) is 4.79 Å². The number of hydrogen-bond donors (Lipinski definition) is 2. The highest BCUT2D eigenvalue weighted by atomic mass is 16.5. The first-order chi connectivity index (χ1) is 10.3. The molecule has 0 aliphatic rings. The number of unbranched alkanes of at least 4 members (excludes halogenated alkanes) is 2. The van der Waals surface area contributed by atoms with E-state index in [2.05, 4.69) is 12.2 Å². The predicted octanol–water partition coefficient (Wildman–Crippen LogP) is 2.73. The molecule has 0 aromatic heterocycles. The molecule has 0 fully saturated rings. The molecule has 0 radical (unpaired) electrons. The second-order valence-corrected chi connectivity index (χ2v) is 4.89. The Morgan fingerprint density at radius 3 is 2.67 bits per heavy atom. The van der Waals surface area contributed by atoms with Gasteiger partial charge in [-0.15, -0.1) is 0 Å². The minimum absolute atomic E-state index is 0.0611. The van der Waals surface area contributed by atoms with Crippen molar-refractivity contribution in [3.8, 4) is 5.75 Å². The van der Waals surface area contributed by atoms with Gasteiger partial charge >= 0.3 is 0 Å². The van der Waals surface area contributed by atoms with E-state index in [1.54, 1.807) is 12.2 Å². The molecule has 1 rings (SSSR count). The van der Waals surface area contributed by atoms with Crippen LogP contribution in [0.25, 0.3) is 6.08 Å². The van der Waals surface area contributed by atoms with Crippen LogP contribution in [-0.4, -0.2) is 25.6 Å². The topological polar surface area (TPSA) is 64.3 Å². The Morgan fingerprint density at radius 2 is 2.00 bits per heavy atom. The quantitative estimate of drug-likeness (QED) is 0.514. The molecular weight excluding hydrogens is 264 g/mol. The van der Waals surface area contributed by atoms with Gasteiger partial charge in [-0.2, -0.15) is 0 Å². The molecule has 0 spiro atoms. The SMILES string of the molecule is CCCOc1ccc(/C=C/C(=O)NCCCCCN)cc1. The van der Waals surface area contributed by atoms with Gasteiger partial charge in [-0.3, -0.25) is 4.79 Å². The fraction of sp³-hybridized carbons (Fsp3) is 0.471. The van der Waals surface area contributed by atoms with Crippen LogP contribution in [0, 0.1) is 0 Å². The number of ether oxygens (including phenoxy) is 1. The van der Waals surface area contributed by atoms with Crippen molar-refractivity contribution in [1.82, 2.24) is 5.32 Å². The van der Waals surface area contributed by atoms with Crippen LogP contribution in [0.5, 0.6) is 5.75 Å². The third kappa shape index (κ3) is 8.15. The van der Waals surface area contributed by atoms with Crippen LogP contribution >= 0.6 is 0 Å². The van der Waals surface area contributed by atoms with Crippen LogP contribution in [0.2, 0.25) is 0 Å². The van der Waals surface area contributed by atoms with E-state index < -0.39 is 0 Å². The molecule has 3 N–H and O–H groups in total. The standard InChI is InChI=1S/C17H26N2O2/c1-2-14-21-16-9-6-15(7-10-16)8-11-17(20)19-13-5-3-4-12-18/h6-11H,2-5,12-14,18H2,1H3,(H,19,20)/b11-8+. The van der Waals surface area contributed by atoms with Gasteiger partial charge in [0.25, 0.3) is 0 Å². The number of nitrogens with two attached hydrogens (primary N) is 1. The van der Waals surface area contributed by atoms with Crippen LogP contribution in [0.15, 0.2) is 30.3 Å². The maximum atomic E-state index is 11.6. The average Bonchev–Trinajstić information content (AvgIpc) is 2.51. The molecule has 0 unspecified atom stereocenters. The minimum Gasteiger partial charge on any atom is -0.494 e. The van der Waals surface area contributed by atoms with E-state index in [-0.39, 0.29) is 5.91 Å². The van der Waals surface area contributed by atoms with E-state index in [9.17, 15) is 4.79 Å². The van der Waals surface area contributed by atoms with Gasteiger partial charge in [0.2, 0.25) is 5.91 Å². The zero-order valence-corrected chi connectivity index (χ0v) is 12.8. The summed E-state index contributed by atoms with van der Waals surface area (Å²) in [5.74, 6) is 0.799. The third-order valence-corrected chi connectivity index (χ3v) is 2.96. The number of hydrogen-bond acceptors (Lipinski definition) is 3. The van der Waals surface area contributed by atoms with Crippen molar-refractivity contribution in [3.05, 3.63) is 35.9 Å². The second-order valence-electron chi connectivity index (χ2n) is 4.89. The maximum Gasteiger partial charge on any atom is 0.243 e. The average molecular weight is 290 g/mol. The van der Waals surface area contributed by atoms with E-state index in [1.165, 1.54) is 0 Å². The Kier molecular flexibility index (Phi) is 8.96. The van der Waals surface area contributed by atoms with E-state index in [0.29, 0.717) is 13.1 Å². The van der Waals surface area contributed by atoms with Gasteiger partial charge in [-0.1, -0.05) is 25.5 Å². The number of benzene rings is 1. The highest BCUT2D eigenvalue weighted by molar-refractivity contribution is 5.91. The van der Waals surface area contributed by atoms with Crippen molar-refractivity contribution >= 4 is 12.0 Å². The van der Waals surface area contributed by atoms with Crippen LogP contribution in [0.4, 0.5) is 0 Å². The molecule has 116 valence electrons. The number of carbonyl (C=O) groups excluding carboxylic acids is 1. The smallest absolute Gasteiger partial charge is 0.243 e. The largest absolute Gasteiger partial charge is 0.494 e. The summed E-state index contributed by atoms with van der Waals surface area (Å²) in [6.45, 7) is 4.21. The molecule has 1 aromatic rings. The van der Waals surface area contributed by atoms with E-state index in [4.69, 9.17) is 10.5 Å². The molecule has 0 saturated carbocycles. The molecule has 4 heteroatoms. The first-order valence-corrected chi connectivity index (χ1v) is 7.65. The summed E-state index contributed by atoms with van der Waals surface area (Å²) < 4.78 is 5.51. The summed E-state index contributed by atoms with van der Waals surface area (Å²) in [5.41, 5.74) is 6.40. The van der Waals surface area contributed by atoms with Crippen molar-refractivity contribution in [3.63, 3.8) is 0 Å². The van der Waals surface area contributed by atoms with Gasteiger partial charge in [0, 0.05) is 12.6 Å². The Bertz CT molecular complexity index is 427. The molecule has 0 saturated heterocycles. The van der Waals surface area contributed by atoms with Gasteiger partial charge in [-0.05, 0) is 49.6 Å². The lowest BCUT2D eigenvalue weighted by Crippen LogP contribution is -2.22. The molecule has 1 aromatic carbocycles. The molecular formula is C17H26N2O2. The Labute approximate surface area is 127 Å². The fourth-order valence-electron chi connectivity index (χ4n) is 1.78. The Balaban J connectivity index is 2.29. The highest BCUT2D eigenvalue weighted by Crippen LogP contribution is 2.13. The first-order valence-electron chi connectivity index (χ1n) is 7.65. The number of rotatable bonds is 10. The molecule has 21 heavy (non-hydrogen) atoms. The number of carbonyl (C=O) groups is 1. The highest BCUT2D eigenvalue weighted by Gasteiger charge is 1.96. The zero-order valence-electron chi connectivity index (χ0n) is 12.8. The summed E-state index contributed by atoms with van der Waals surface area (Å²) in [6.07, 6.45) is 7.40. The van der Waals surface area contributed by atoms with Gasteiger partial charge < -0.3 is 15.8 Å².